The summed E-state index contributed by atoms with van der Waals surface area (Å²) in [7, 11) is -2.37. The molecule has 1 N–H and O–H groups in total. The number of aryl methyl sites for hydroxylation is 1. The highest BCUT2D eigenvalue weighted by molar-refractivity contribution is 9.10. The summed E-state index contributed by atoms with van der Waals surface area (Å²) in [6.45, 7) is 1.97. The standard InChI is InChI=1S/C24H25BrN2O5S/c1-18-6-12-23(13-7-18)33(29,30)27(20-5-3-4-19(25)16-20)17-24(28)26-14-15-32-22-10-8-21(31-2)9-11-22/h3-13,16H,14-15,17H2,1-2H3,(H,26,28). The Bertz CT molecular complexity index is 1180. The first-order valence-electron chi connectivity index (χ1n) is 10.2. The average Bonchev–Trinajstić information content (AvgIpc) is 2.81. The molecule has 3 aromatic rings. The summed E-state index contributed by atoms with van der Waals surface area (Å²) in [6, 6.07) is 20.4. The van der Waals surface area contributed by atoms with Crippen molar-refractivity contribution in [1.29, 1.82) is 0 Å². The van der Waals surface area contributed by atoms with Gasteiger partial charge in [0, 0.05) is 4.47 Å². The van der Waals surface area contributed by atoms with Crippen LogP contribution in [-0.2, 0) is 14.8 Å². The third-order valence-electron chi connectivity index (χ3n) is 4.74. The second-order valence-corrected chi connectivity index (χ2v) is 9.96. The Labute approximate surface area is 202 Å². The molecule has 0 aromatic heterocycles. The number of amides is 1. The second kappa shape index (κ2) is 11.2. The molecule has 0 saturated carbocycles. The third kappa shape index (κ3) is 6.72. The lowest BCUT2D eigenvalue weighted by Crippen LogP contribution is -2.41. The Hall–Kier alpha value is -3.04. The quantitative estimate of drug-likeness (QED) is 0.396. The van der Waals surface area contributed by atoms with E-state index in [2.05, 4.69) is 21.2 Å². The molecule has 3 rings (SSSR count). The Morgan fingerprint density at radius 2 is 1.67 bits per heavy atom. The maximum absolute atomic E-state index is 13.4. The second-order valence-electron chi connectivity index (χ2n) is 7.18. The van der Waals surface area contributed by atoms with Gasteiger partial charge in [-0.15, -0.1) is 0 Å². The first kappa shape index (κ1) is 24.6. The number of ether oxygens (including phenoxy) is 2. The first-order chi connectivity index (χ1) is 15.8. The Kier molecular flexibility index (Phi) is 8.35. The minimum atomic E-state index is -3.95. The number of carbonyl (C=O) groups excluding carboxylic acids is 1. The molecule has 3 aromatic carbocycles. The molecule has 33 heavy (non-hydrogen) atoms. The predicted molar refractivity (Wildman–Crippen MR) is 131 cm³/mol. The lowest BCUT2D eigenvalue weighted by Gasteiger charge is -2.24. The van der Waals surface area contributed by atoms with Crippen LogP contribution in [0, 0.1) is 6.92 Å². The number of benzene rings is 3. The van der Waals surface area contributed by atoms with Gasteiger partial charge in [-0.3, -0.25) is 9.10 Å². The molecule has 0 spiro atoms. The molecule has 7 nitrogen and oxygen atoms in total. The van der Waals surface area contributed by atoms with E-state index in [0.29, 0.717) is 15.9 Å². The monoisotopic (exact) mass is 532 g/mol. The van der Waals surface area contributed by atoms with Crippen LogP contribution in [-0.4, -0.2) is 41.1 Å². The molecule has 0 aliphatic rings. The lowest BCUT2D eigenvalue weighted by atomic mass is 10.2. The smallest absolute Gasteiger partial charge is 0.264 e. The molecule has 0 bridgehead atoms. The molecule has 9 heteroatoms. The van der Waals surface area contributed by atoms with E-state index in [1.165, 1.54) is 12.1 Å². The predicted octanol–water partition coefficient (Wildman–Crippen LogP) is 4.16. The Morgan fingerprint density at radius 3 is 2.30 bits per heavy atom. The lowest BCUT2D eigenvalue weighted by molar-refractivity contribution is -0.119. The first-order valence-corrected chi connectivity index (χ1v) is 12.4. The molecule has 0 radical (unpaired) electrons. The van der Waals surface area contributed by atoms with Crippen molar-refractivity contribution in [1.82, 2.24) is 5.32 Å². The van der Waals surface area contributed by atoms with E-state index in [9.17, 15) is 13.2 Å². The normalized spacial score (nSPS) is 11.0. The zero-order valence-corrected chi connectivity index (χ0v) is 20.7. The molecule has 0 fully saturated rings. The van der Waals surface area contributed by atoms with Gasteiger partial charge in [-0.2, -0.15) is 0 Å². The molecule has 0 aliphatic heterocycles. The van der Waals surface area contributed by atoms with Crippen LogP contribution in [0.5, 0.6) is 11.5 Å². The number of sulfonamides is 1. The fourth-order valence-corrected chi connectivity index (χ4v) is 4.80. The number of methoxy groups -OCH3 is 1. The van der Waals surface area contributed by atoms with Crippen molar-refractivity contribution >= 4 is 37.5 Å². The number of anilines is 1. The van der Waals surface area contributed by atoms with Gasteiger partial charge >= 0.3 is 0 Å². The fourth-order valence-electron chi connectivity index (χ4n) is 3.00. The Balaban J connectivity index is 1.68. The SMILES string of the molecule is COc1ccc(OCCNC(=O)CN(c2cccc(Br)c2)S(=O)(=O)c2ccc(C)cc2)cc1. The highest BCUT2D eigenvalue weighted by Gasteiger charge is 2.27. The van der Waals surface area contributed by atoms with E-state index >= 15 is 0 Å². The topological polar surface area (TPSA) is 84.9 Å². The third-order valence-corrected chi connectivity index (χ3v) is 7.03. The van der Waals surface area contributed by atoms with Crippen LogP contribution in [0.3, 0.4) is 0 Å². The maximum Gasteiger partial charge on any atom is 0.264 e. The summed E-state index contributed by atoms with van der Waals surface area (Å²) < 4.78 is 39.2. The number of hydrogen-bond donors (Lipinski definition) is 1. The summed E-state index contributed by atoms with van der Waals surface area (Å²) in [4.78, 5) is 12.8. The van der Waals surface area contributed by atoms with Gasteiger partial charge in [0.2, 0.25) is 5.91 Å². The van der Waals surface area contributed by atoms with E-state index in [1.54, 1.807) is 67.8 Å². The van der Waals surface area contributed by atoms with E-state index in [4.69, 9.17) is 9.47 Å². The van der Waals surface area contributed by atoms with Gasteiger partial charge in [0.25, 0.3) is 10.0 Å². The van der Waals surface area contributed by atoms with Gasteiger partial charge in [-0.1, -0.05) is 39.7 Å². The van der Waals surface area contributed by atoms with Crippen LogP contribution in [0.2, 0.25) is 0 Å². The molecule has 0 atom stereocenters. The summed E-state index contributed by atoms with van der Waals surface area (Å²) >= 11 is 3.37. The van der Waals surface area contributed by atoms with Crippen LogP contribution >= 0.6 is 15.9 Å². The van der Waals surface area contributed by atoms with Gasteiger partial charge < -0.3 is 14.8 Å². The molecule has 0 heterocycles. The van der Waals surface area contributed by atoms with Gasteiger partial charge in [0.05, 0.1) is 24.2 Å². The van der Waals surface area contributed by atoms with E-state index in [1.807, 2.05) is 6.92 Å². The van der Waals surface area contributed by atoms with Crippen LogP contribution in [0.15, 0.2) is 82.2 Å². The van der Waals surface area contributed by atoms with Crippen molar-refractivity contribution in [3.05, 3.63) is 82.8 Å². The number of nitrogens with zero attached hydrogens (tertiary/aromatic N) is 1. The molecule has 174 valence electrons. The molecule has 0 saturated heterocycles. The average molecular weight is 533 g/mol. The summed E-state index contributed by atoms with van der Waals surface area (Å²) in [5.74, 6) is 0.921. The van der Waals surface area contributed by atoms with Crippen LogP contribution in [0.25, 0.3) is 0 Å². The summed E-state index contributed by atoms with van der Waals surface area (Å²) in [5, 5.41) is 2.72. The van der Waals surface area contributed by atoms with Gasteiger partial charge in [-0.25, -0.2) is 8.42 Å². The number of carbonyl (C=O) groups is 1. The number of nitrogens with one attached hydrogen (secondary N) is 1. The number of rotatable bonds is 10. The number of halogens is 1. The minimum Gasteiger partial charge on any atom is -0.497 e. The van der Waals surface area contributed by atoms with Gasteiger partial charge in [0.15, 0.2) is 0 Å². The van der Waals surface area contributed by atoms with Gasteiger partial charge in [-0.05, 0) is 61.5 Å². The maximum atomic E-state index is 13.4. The fraction of sp³-hybridized carbons (Fsp3) is 0.208. The van der Waals surface area contributed by atoms with E-state index < -0.39 is 15.9 Å². The van der Waals surface area contributed by atoms with Crippen molar-refractivity contribution in [2.24, 2.45) is 0 Å². The van der Waals surface area contributed by atoms with Crippen LogP contribution in [0.1, 0.15) is 5.56 Å². The van der Waals surface area contributed by atoms with Crippen molar-refractivity contribution in [2.45, 2.75) is 11.8 Å². The van der Waals surface area contributed by atoms with Crippen LogP contribution in [0.4, 0.5) is 5.69 Å². The molecule has 0 aliphatic carbocycles. The van der Waals surface area contributed by atoms with Crippen molar-refractivity contribution in [3.63, 3.8) is 0 Å². The van der Waals surface area contributed by atoms with E-state index in [-0.39, 0.29) is 24.6 Å². The van der Waals surface area contributed by atoms with E-state index in [0.717, 1.165) is 15.6 Å². The largest absolute Gasteiger partial charge is 0.497 e. The van der Waals surface area contributed by atoms with Crippen molar-refractivity contribution in [3.8, 4) is 11.5 Å². The summed E-state index contributed by atoms with van der Waals surface area (Å²) in [5.41, 5.74) is 1.33. The van der Waals surface area contributed by atoms with Crippen molar-refractivity contribution in [2.75, 3.05) is 31.1 Å². The molecular weight excluding hydrogens is 508 g/mol. The molecule has 0 unspecified atom stereocenters. The zero-order valence-electron chi connectivity index (χ0n) is 18.3. The number of hydrogen-bond acceptors (Lipinski definition) is 5. The minimum absolute atomic E-state index is 0.115. The van der Waals surface area contributed by atoms with Crippen molar-refractivity contribution < 1.29 is 22.7 Å². The summed E-state index contributed by atoms with van der Waals surface area (Å²) in [6.07, 6.45) is 0. The van der Waals surface area contributed by atoms with Gasteiger partial charge in [0.1, 0.15) is 24.7 Å². The highest BCUT2D eigenvalue weighted by Crippen LogP contribution is 2.26. The highest BCUT2D eigenvalue weighted by atomic mass is 79.9. The molecule has 1 amide bonds. The zero-order chi connectivity index (χ0) is 23.8. The Morgan fingerprint density at radius 1 is 1.00 bits per heavy atom. The molecular formula is C24H25BrN2O5S. The van der Waals surface area contributed by atoms with Crippen LogP contribution < -0.4 is 19.1 Å².